The Morgan fingerprint density at radius 1 is 1.29 bits per heavy atom. The Kier molecular flexibility index (Phi) is 5.07. The fourth-order valence-electron chi connectivity index (χ4n) is 2.21. The van der Waals surface area contributed by atoms with Gasteiger partial charge in [-0.25, -0.2) is 0 Å². The molecule has 0 bridgehead atoms. The first kappa shape index (κ1) is 16.9. The van der Waals surface area contributed by atoms with Gasteiger partial charge in [0, 0.05) is 11.6 Å². The minimum atomic E-state index is -0.502. The van der Waals surface area contributed by atoms with Crippen molar-refractivity contribution in [2.24, 2.45) is 0 Å². The Balaban J connectivity index is 2.47. The summed E-state index contributed by atoms with van der Waals surface area (Å²) in [7, 11) is 1.44. The number of nitro benzene ring substituents is 1. The third kappa shape index (κ3) is 3.47. The van der Waals surface area contributed by atoms with Crippen molar-refractivity contribution in [3.63, 3.8) is 0 Å². The Bertz CT molecular complexity index is 879. The summed E-state index contributed by atoms with van der Waals surface area (Å²) in [6, 6.07) is 12.9. The van der Waals surface area contributed by atoms with Crippen LogP contribution in [0.25, 0.3) is 6.08 Å². The second-order valence-electron chi connectivity index (χ2n) is 5.00. The molecule has 2 aromatic rings. The molecule has 0 heterocycles. The highest BCUT2D eigenvalue weighted by Gasteiger charge is 2.17. The number of rotatable bonds is 5. The minimum absolute atomic E-state index is 0.0641. The molecule has 0 radical (unpaired) electrons. The van der Waals surface area contributed by atoms with Crippen LogP contribution < -0.4 is 4.74 Å². The maximum atomic E-state index is 12.5. The summed E-state index contributed by atoms with van der Waals surface area (Å²) in [4.78, 5) is 23.0. The van der Waals surface area contributed by atoms with Crippen LogP contribution >= 0.6 is 0 Å². The van der Waals surface area contributed by atoms with Crippen molar-refractivity contribution in [2.75, 3.05) is 7.11 Å². The van der Waals surface area contributed by atoms with Gasteiger partial charge in [-0.2, -0.15) is 5.26 Å². The van der Waals surface area contributed by atoms with Gasteiger partial charge in [0.25, 0.3) is 5.69 Å². The first-order valence-corrected chi connectivity index (χ1v) is 7.02. The first-order valence-electron chi connectivity index (χ1n) is 7.02. The smallest absolute Gasteiger partial charge is 0.272 e. The number of allylic oxidation sites excluding steroid dienone is 1. The van der Waals surface area contributed by atoms with Crippen LogP contribution in [-0.2, 0) is 0 Å². The Morgan fingerprint density at radius 2 is 2.00 bits per heavy atom. The lowest BCUT2D eigenvalue weighted by Gasteiger charge is -2.06. The number of nitro groups is 1. The van der Waals surface area contributed by atoms with E-state index in [1.54, 1.807) is 43.3 Å². The van der Waals surface area contributed by atoms with Crippen molar-refractivity contribution in [3.8, 4) is 11.8 Å². The van der Waals surface area contributed by atoms with E-state index in [0.29, 0.717) is 16.9 Å². The summed E-state index contributed by atoms with van der Waals surface area (Å²) in [6.07, 6.45) is 1.33. The summed E-state index contributed by atoms with van der Waals surface area (Å²) in [5.41, 5.74) is 0.983. The topological polar surface area (TPSA) is 93.2 Å². The van der Waals surface area contributed by atoms with Crippen LogP contribution in [0.1, 0.15) is 21.5 Å². The summed E-state index contributed by atoms with van der Waals surface area (Å²) in [5.74, 6) is -0.142. The fraction of sp³-hybridized carbons (Fsp3) is 0.111. The number of hydrogen-bond donors (Lipinski definition) is 0. The monoisotopic (exact) mass is 322 g/mol. The summed E-state index contributed by atoms with van der Waals surface area (Å²) >= 11 is 0. The standard InChI is InChI=1S/C18H14N2O4/c1-12-7-8-13(10-16(12)20(22)23)9-14(11-19)18(21)15-5-3-4-6-17(15)24-2/h3-10H,1-2H3/b14-9+. The molecule has 6 nitrogen and oxygen atoms in total. The molecule has 0 aromatic heterocycles. The average Bonchev–Trinajstić information content (AvgIpc) is 2.60. The zero-order valence-electron chi connectivity index (χ0n) is 13.1. The maximum absolute atomic E-state index is 12.5. The second-order valence-corrected chi connectivity index (χ2v) is 5.00. The number of carbonyl (C=O) groups is 1. The molecule has 0 atom stereocenters. The number of benzene rings is 2. The van der Waals surface area contributed by atoms with Crippen LogP contribution in [0.5, 0.6) is 5.75 Å². The molecule has 0 N–H and O–H groups in total. The number of ketones is 1. The number of aryl methyl sites for hydroxylation is 1. The zero-order valence-corrected chi connectivity index (χ0v) is 13.1. The van der Waals surface area contributed by atoms with Gasteiger partial charge in [-0.1, -0.05) is 24.3 Å². The van der Waals surface area contributed by atoms with Crippen molar-refractivity contribution in [2.45, 2.75) is 6.92 Å². The van der Waals surface area contributed by atoms with Crippen molar-refractivity contribution >= 4 is 17.5 Å². The molecule has 0 aliphatic heterocycles. The van der Waals surface area contributed by atoms with Gasteiger partial charge in [-0.05, 0) is 30.7 Å². The van der Waals surface area contributed by atoms with Gasteiger partial charge in [0.2, 0.25) is 5.78 Å². The summed E-state index contributed by atoms with van der Waals surface area (Å²) in [5, 5.41) is 20.3. The molecular formula is C18H14N2O4. The first-order chi connectivity index (χ1) is 11.5. The van der Waals surface area contributed by atoms with E-state index in [0.717, 1.165) is 0 Å². The number of Topliss-reactive ketones (excluding diaryl/α,β-unsaturated/α-hetero) is 1. The lowest BCUT2D eigenvalue weighted by Crippen LogP contribution is -2.04. The van der Waals surface area contributed by atoms with Gasteiger partial charge in [0.1, 0.15) is 17.4 Å². The molecule has 0 amide bonds. The van der Waals surface area contributed by atoms with Gasteiger partial charge in [0.15, 0.2) is 0 Å². The number of nitrogens with zero attached hydrogens (tertiary/aromatic N) is 2. The molecule has 0 aliphatic carbocycles. The predicted octanol–water partition coefficient (Wildman–Crippen LogP) is 3.70. The average molecular weight is 322 g/mol. The van der Waals surface area contributed by atoms with Crippen LogP contribution in [0.3, 0.4) is 0 Å². The Labute approximate surface area is 138 Å². The van der Waals surface area contributed by atoms with Crippen molar-refractivity contribution < 1.29 is 14.5 Å². The highest BCUT2D eigenvalue weighted by molar-refractivity contribution is 6.15. The van der Waals surface area contributed by atoms with Gasteiger partial charge in [-0.3, -0.25) is 14.9 Å². The molecule has 0 spiro atoms. The van der Waals surface area contributed by atoms with Crippen LogP contribution in [0, 0.1) is 28.4 Å². The lowest BCUT2D eigenvalue weighted by atomic mass is 10.0. The zero-order chi connectivity index (χ0) is 17.7. The molecule has 24 heavy (non-hydrogen) atoms. The number of hydrogen-bond acceptors (Lipinski definition) is 5. The number of para-hydroxylation sites is 1. The summed E-state index contributed by atoms with van der Waals surface area (Å²) < 4.78 is 5.13. The van der Waals surface area contributed by atoms with E-state index < -0.39 is 10.7 Å². The molecule has 0 saturated heterocycles. The van der Waals surface area contributed by atoms with Gasteiger partial charge < -0.3 is 4.74 Å². The molecule has 0 saturated carbocycles. The van der Waals surface area contributed by atoms with E-state index in [4.69, 9.17) is 4.74 Å². The molecule has 2 aromatic carbocycles. The van der Waals surface area contributed by atoms with Crippen LogP contribution in [0.15, 0.2) is 48.0 Å². The second kappa shape index (κ2) is 7.20. The van der Waals surface area contributed by atoms with E-state index in [2.05, 4.69) is 0 Å². The van der Waals surface area contributed by atoms with E-state index >= 15 is 0 Å². The van der Waals surface area contributed by atoms with Crippen molar-refractivity contribution in [3.05, 3.63) is 74.8 Å². The molecule has 2 rings (SSSR count). The molecule has 120 valence electrons. The predicted molar refractivity (Wildman–Crippen MR) is 88.7 cm³/mol. The third-order valence-electron chi connectivity index (χ3n) is 3.46. The normalized spacial score (nSPS) is 10.8. The van der Waals surface area contributed by atoms with E-state index in [-0.39, 0.29) is 16.8 Å². The highest BCUT2D eigenvalue weighted by Crippen LogP contribution is 2.24. The van der Waals surface area contributed by atoms with E-state index in [9.17, 15) is 20.2 Å². The maximum Gasteiger partial charge on any atom is 0.272 e. The summed E-state index contributed by atoms with van der Waals surface area (Å²) in [6.45, 7) is 1.62. The van der Waals surface area contributed by atoms with Gasteiger partial charge in [0.05, 0.1) is 17.6 Å². The quantitative estimate of drug-likeness (QED) is 0.275. The highest BCUT2D eigenvalue weighted by atomic mass is 16.6. The molecular weight excluding hydrogens is 308 g/mol. The number of ether oxygens (including phenoxy) is 1. The van der Waals surface area contributed by atoms with Gasteiger partial charge in [-0.15, -0.1) is 0 Å². The fourth-order valence-corrected chi connectivity index (χ4v) is 2.21. The van der Waals surface area contributed by atoms with Crippen LogP contribution in [0.4, 0.5) is 5.69 Å². The van der Waals surface area contributed by atoms with Crippen molar-refractivity contribution in [1.82, 2.24) is 0 Å². The Morgan fingerprint density at radius 3 is 2.62 bits per heavy atom. The molecule has 6 heteroatoms. The minimum Gasteiger partial charge on any atom is -0.496 e. The van der Waals surface area contributed by atoms with Crippen LogP contribution in [0.2, 0.25) is 0 Å². The number of methoxy groups -OCH3 is 1. The van der Waals surface area contributed by atoms with Crippen molar-refractivity contribution in [1.29, 1.82) is 5.26 Å². The van der Waals surface area contributed by atoms with E-state index in [1.807, 2.05) is 6.07 Å². The largest absolute Gasteiger partial charge is 0.496 e. The van der Waals surface area contributed by atoms with Crippen LogP contribution in [-0.4, -0.2) is 17.8 Å². The third-order valence-corrected chi connectivity index (χ3v) is 3.46. The lowest BCUT2D eigenvalue weighted by molar-refractivity contribution is -0.385. The molecule has 0 aliphatic rings. The van der Waals surface area contributed by atoms with E-state index in [1.165, 1.54) is 19.3 Å². The Hall–Kier alpha value is -3.46. The SMILES string of the molecule is COc1ccccc1C(=O)/C(C#N)=C/c1ccc(C)c([N+](=O)[O-])c1. The van der Waals surface area contributed by atoms with Gasteiger partial charge >= 0.3 is 0 Å². The number of nitriles is 1. The molecule has 0 unspecified atom stereocenters. The molecule has 0 fully saturated rings. The number of carbonyl (C=O) groups excluding carboxylic acids is 1.